The molecule has 0 aromatic rings. The van der Waals surface area contributed by atoms with E-state index in [0.29, 0.717) is 30.6 Å². The van der Waals surface area contributed by atoms with Crippen LogP contribution in [0, 0.1) is 23.7 Å². The largest absolute Gasteiger partial charge is 0.481 e. The first-order chi connectivity index (χ1) is 12.8. The van der Waals surface area contributed by atoms with Crippen molar-refractivity contribution >= 4 is 5.97 Å². The molecule has 1 unspecified atom stereocenters. The molecule has 1 aliphatic heterocycles. The molecule has 156 valence electrons. The molecule has 4 nitrogen and oxygen atoms in total. The summed E-state index contributed by atoms with van der Waals surface area (Å²) >= 11 is 0. The van der Waals surface area contributed by atoms with Crippen LogP contribution in [0.1, 0.15) is 72.1 Å². The summed E-state index contributed by atoms with van der Waals surface area (Å²) in [5.74, 6) is 0.196. The van der Waals surface area contributed by atoms with Crippen LogP contribution in [0.2, 0.25) is 0 Å². The number of aliphatic carboxylic acids is 1. The highest BCUT2D eigenvalue weighted by atomic mass is 19.1. The van der Waals surface area contributed by atoms with Gasteiger partial charge in [-0.1, -0.05) is 52.2 Å². The zero-order valence-corrected chi connectivity index (χ0v) is 17.0. The fraction of sp³-hybridized carbons (Fsp3) is 0.864. The summed E-state index contributed by atoms with van der Waals surface area (Å²) in [7, 11) is 0. The summed E-state index contributed by atoms with van der Waals surface area (Å²) in [6.07, 6.45) is 8.52. The van der Waals surface area contributed by atoms with Crippen molar-refractivity contribution in [1.29, 1.82) is 0 Å². The van der Waals surface area contributed by atoms with E-state index in [1.54, 1.807) is 13.0 Å². The second kappa shape index (κ2) is 10.6. The van der Waals surface area contributed by atoms with Crippen LogP contribution in [0.3, 0.4) is 0 Å². The number of aliphatic hydroxyl groups excluding tert-OH is 1. The summed E-state index contributed by atoms with van der Waals surface area (Å²) in [5, 5.41) is 19.0. The van der Waals surface area contributed by atoms with E-state index >= 15 is 0 Å². The van der Waals surface area contributed by atoms with Gasteiger partial charge in [0, 0.05) is 0 Å². The molecular weight excluding hydrogens is 347 g/mol. The summed E-state index contributed by atoms with van der Waals surface area (Å²) < 4.78 is 20.2. The first-order valence-electron chi connectivity index (χ1n) is 10.7. The Morgan fingerprint density at radius 3 is 2.70 bits per heavy atom. The number of hydrogen-bond acceptors (Lipinski definition) is 3. The molecule has 2 fully saturated rings. The highest BCUT2D eigenvalue weighted by Crippen LogP contribution is 2.47. The maximum atomic E-state index is 14.0. The van der Waals surface area contributed by atoms with Crippen molar-refractivity contribution in [3.8, 4) is 0 Å². The van der Waals surface area contributed by atoms with Gasteiger partial charge in [0.25, 0.3) is 0 Å². The smallest absolute Gasteiger partial charge is 0.306 e. The Morgan fingerprint density at radius 2 is 2.04 bits per heavy atom. The van der Waals surface area contributed by atoms with Gasteiger partial charge in [0.15, 0.2) is 0 Å². The monoisotopic (exact) mass is 384 g/mol. The van der Waals surface area contributed by atoms with Crippen LogP contribution in [0.4, 0.5) is 4.39 Å². The van der Waals surface area contributed by atoms with E-state index < -0.39 is 18.2 Å². The van der Waals surface area contributed by atoms with E-state index in [9.17, 15) is 14.3 Å². The summed E-state index contributed by atoms with van der Waals surface area (Å²) in [6.45, 7) is 5.98. The molecule has 0 spiro atoms. The molecule has 8 atom stereocenters. The number of ether oxygens (including phenoxy) is 1. The summed E-state index contributed by atoms with van der Waals surface area (Å²) in [5.41, 5.74) is 0. The molecule has 27 heavy (non-hydrogen) atoms. The molecule has 0 aromatic carbocycles. The molecule has 1 heterocycles. The maximum absolute atomic E-state index is 14.0. The highest BCUT2D eigenvalue weighted by molar-refractivity contribution is 5.69. The van der Waals surface area contributed by atoms with Crippen molar-refractivity contribution in [2.75, 3.05) is 0 Å². The second-order valence-electron chi connectivity index (χ2n) is 8.69. The molecule has 2 aliphatic rings. The number of carboxylic acid groups (broad SMARTS) is 1. The van der Waals surface area contributed by atoms with E-state index in [2.05, 4.69) is 6.92 Å². The quantitative estimate of drug-likeness (QED) is 0.504. The van der Waals surface area contributed by atoms with Gasteiger partial charge in [0.05, 0.1) is 18.1 Å². The van der Waals surface area contributed by atoms with E-state index in [-0.39, 0.29) is 18.1 Å². The Balaban J connectivity index is 1.82. The number of aliphatic hydroxyl groups is 1. The minimum absolute atomic E-state index is 0.202. The molecule has 1 saturated carbocycles. The standard InChI is InChI=1S/C22H37FO4/c1-4-5-9-19(23)20(24)11-10-17-15(3)12-21-18(17)13-16(27-21)8-6-7-14(2)22(25)26/h10-11,14-21,24H,4-9,12-13H2,1-3H3,(H,25,26)/b11-10+/t14?,15-,16-,17-,18-,19-,20-,21+/m1/s1. The summed E-state index contributed by atoms with van der Waals surface area (Å²) in [6, 6.07) is 0. The van der Waals surface area contributed by atoms with Gasteiger partial charge in [-0.15, -0.1) is 0 Å². The van der Waals surface area contributed by atoms with Crippen molar-refractivity contribution in [1.82, 2.24) is 0 Å². The van der Waals surface area contributed by atoms with E-state index in [1.807, 2.05) is 13.0 Å². The van der Waals surface area contributed by atoms with E-state index in [4.69, 9.17) is 9.84 Å². The van der Waals surface area contributed by atoms with Crippen molar-refractivity contribution in [3.63, 3.8) is 0 Å². The third-order valence-electron chi connectivity index (χ3n) is 6.45. The molecular formula is C22H37FO4. The van der Waals surface area contributed by atoms with Gasteiger partial charge in [-0.05, 0) is 49.9 Å². The normalized spacial score (nSPS) is 33.9. The zero-order chi connectivity index (χ0) is 20.0. The molecule has 1 aliphatic carbocycles. The van der Waals surface area contributed by atoms with Crippen molar-refractivity contribution in [2.24, 2.45) is 23.7 Å². The Labute approximate surface area is 163 Å². The first kappa shape index (κ1) is 22.4. The Kier molecular flexibility index (Phi) is 8.74. The van der Waals surface area contributed by atoms with E-state index in [0.717, 1.165) is 38.5 Å². The first-order valence-corrected chi connectivity index (χ1v) is 10.7. The molecule has 0 aromatic heterocycles. The van der Waals surface area contributed by atoms with Gasteiger partial charge in [0.1, 0.15) is 12.3 Å². The van der Waals surface area contributed by atoms with Crippen molar-refractivity contribution < 1.29 is 24.1 Å². The van der Waals surface area contributed by atoms with E-state index in [1.165, 1.54) is 0 Å². The Morgan fingerprint density at radius 1 is 1.30 bits per heavy atom. The van der Waals surface area contributed by atoms with Gasteiger partial charge < -0.3 is 14.9 Å². The minimum Gasteiger partial charge on any atom is -0.481 e. The number of carboxylic acids is 1. The second-order valence-corrected chi connectivity index (χ2v) is 8.69. The third kappa shape index (κ3) is 6.28. The minimum atomic E-state index is -1.18. The van der Waals surface area contributed by atoms with Gasteiger partial charge in [-0.25, -0.2) is 4.39 Å². The van der Waals surface area contributed by atoms with Crippen LogP contribution in [0.15, 0.2) is 12.2 Å². The van der Waals surface area contributed by atoms with Crippen LogP contribution in [0.25, 0.3) is 0 Å². The van der Waals surface area contributed by atoms with Crippen LogP contribution in [-0.2, 0) is 9.53 Å². The van der Waals surface area contributed by atoms with Crippen LogP contribution in [-0.4, -0.2) is 40.7 Å². The fourth-order valence-electron chi connectivity index (χ4n) is 4.67. The topological polar surface area (TPSA) is 66.8 Å². The van der Waals surface area contributed by atoms with Crippen molar-refractivity contribution in [3.05, 3.63) is 12.2 Å². The lowest BCUT2D eigenvalue weighted by molar-refractivity contribution is -0.141. The number of allylic oxidation sites excluding steroid dienone is 1. The van der Waals surface area contributed by atoms with Crippen LogP contribution < -0.4 is 0 Å². The lowest BCUT2D eigenvalue weighted by atomic mass is 9.86. The Hall–Kier alpha value is -0.940. The number of hydrogen-bond donors (Lipinski definition) is 2. The zero-order valence-electron chi connectivity index (χ0n) is 17.0. The predicted octanol–water partition coefficient (Wildman–Crippen LogP) is 4.75. The number of halogens is 1. The molecule has 5 heteroatoms. The molecule has 0 bridgehead atoms. The average Bonchev–Trinajstić information content (AvgIpc) is 3.13. The number of alkyl halides is 1. The van der Waals surface area contributed by atoms with Crippen molar-refractivity contribution in [2.45, 2.75) is 96.6 Å². The molecule has 0 amide bonds. The van der Waals surface area contributed by atoms with Crippen LogP contribution in [0.5, 0.6) is 0 Å². The van der Waals surface area contributed by atoms with Gasteiger partial charge >= 0.3 is 5.97 Å². The Bertz CT molecular complexity index is 495. The lowest BCUT2D eigenvalue weighted by Crippen LogP contribution is -2.20. The number of rotatable bonds is 11. The maximum Gasteiger partial charge on any atom is 0.306 e. The SMILES string of the molecule is CCCC[C@@H](F)[C@H](O)/C=C/[C@H]1[C@H]2C[C@@H](CCCC(C)C(=O)O)O[C@H]2C[C@H]1C. The molecule has 2 rings (SSSR count). The third-order valence-corrected chi connectivity index (χ3v) is 6.45. The number of carbonyl (C=O) groups is 1. The molecule has 1 saturated heterocycles. The number of unbranched alkanes of at least 4 members (excludes halogenated alkanes) is 1. The highest BCUT2D eigenvalue weighted by Gasteiger charge is 2.46. The molecule has 0 radical (unpaired) electrons. The molecule has 2 N–H and O–H groups in total. The lowest BCUT2D eigenvalue weighted by Gasteiger charge is -2.19. The average molecular weight is 385 g/mol. The van der Waals surface area contributed by atoms with Gasteiger partial charge in [0.2, 0.25) is 0 Å². The summed E-state index contributed by atoms with van der Waals surface area (Å²) in [4.78, 5) is 10.9. The van der Waals surface area contributed by atoms with Crippen LogP contribution >= 0.6 is 0 Å². The predicted molar refractivity (Wildman–Crippen MR) is 104 cm³/mol. The fourth-order valence-corrected chi connectivity index (χ4v) is 4.67. The number of fused-ring (bicyclic) bond motifs is 1. The van der Waals surface area contributed by atoms with Gasteiger partial charge in [-0.2, -0.15) is 0 Å². The van der Waals surface area contributed by atoms with Gasteiger partial charge in [-0.3, -0.25) is 4.79 Å².